The van der Waals surface area contributed by atoms with Crippen molar-refractivity contribution in [3.63, 3.8) is 0 Å². The maximum absolute atomic E-state index is 13.3. The highest BCUT2D eigenvalue weighted by Gasteiger charge is 2.32. The summed E-state index contributed by atoms with van der Waals surface area (Å²) >= 11 is 0. The van der Waals surface area contributed by atoms with Crippen molar-refractivity contribution >= 4 is 21.7 Å². The molecule has 1 heterocycles. The van der Waals surface area contributed by atoms with E-state index in [1.54, 1.807) is 12.1 Å². The zero-order valence-corrected chi connectivity index (χ0v) is 18.9. The number of benzene rings is 2. The first-order valence-electron chi connectivity index (χ1n) is 10.5. The number of halogens is 3. The summed E-state index contributed by atoms with van der Waals surface area (Å²) in [6.07, 6.45) is -4.70. The van der Waals surface area contributed by atoms with Crippen LogP contribution in [0, 0.1) is 0 Å². The Balaban J connectivity index is 1.75. The highest BCUT2D eigenvalue weighted by Crippen LogP contribution is 2.31. The molecule has 2 N–H and O–H groups in total. The van der Waals surface area contributed by atoms with Crippen LogP contribution in [0.25, 0.3) is 0 Å². The van der Waals surface area contributed by atoms with E-state index < -0.39 is 27.7 Å². The maximum Gasteiger partial charge on any atom is 0.416 e. The van der Waals surface area contributed by atoms with E-state index in [1.807, 2.05) is 11.8 Å². The number of rotatable bonds is 8. The molecule has 1 aliphatic rings. The Labute approximate surface area is 190 Å². The molecule has 0 unspecified atom stereocenters. The number of piperazine rings is 1. The number of nitrogens with one attached hydrogen (secondary N) is 1. The van der Waals surface area contributed by atoms with Gasteiger partial charge in [0.25, 0.3) is 0 Å². The lowest BCUT2D eigenvalue weighted by Crippen LogP contribution is -2.48. The molecule has 0 atom stereocenters. The monoisotopic (exact) mass is 485 g/mol. The number of sulfonamides is 1. The van der Waals surface area contributed by atoms with Crippen molar-refractivity contribution in [2.24, 2.45) is 0 Å². The fraction of sp³-hybridized carbons (Fsp3) is 0.409. The summed E-state index contributed by atoms with van der Waals surface area (Å²) in [6.45, 7) is 3.97. The fourth-order valence-electron chi connectivity index (χ4n) is 3.72. The quantitative estimate of drug-likeness (QED) is 0.598. The Bertz CT molecular complexity index is 1080. The second-order valence-corrected chi connectivity index (χ2v) is 9.71. The van der Waals surface area contributed by atoms with Gasteiger partial charge in [-0.3, -0.25) is 4.79 Å². The number of aliphatic carboxylic acids is 1. The second kappa shape index (κ2) is 10.1. The summed E-state index contributed by atoms with van der Waals surface area (Å²) in [5, 5.41) is 12.2. The van der Waals surface area contributed by atoms with Gasteiger partial charge in [0, 0.05) is 38.4 Å². The third kappa shape index (κ3) is 6.24. The van der Waals surface area contributed by atoms with Crippen molar-refractivity contribution in [1.82, 2.24) is 9.62 Å². The van der Waals surface area contributed by atoms with Crippen LogP contribution in [-0.2, 0) is 34.0 Å². The minimum Gasteiger partial charge on any atom is -0.481 e. The van der Waals surface area contributed by atoms with Crippen molar-refractivity contribution in [2.75, 3.05) is 37.6 Å². The lowest BCUT2D eigenvalue weighted by Gasteiger charge is -2.35. The van der Waals surface area contributed by atoms with Crippen molar-refractivity contribution in [2.45, 2.75) is 31.0 Å². The number of carbonyl (C=O) groups is 1. The minimum atomic E-state index is -4.41. The number of nitrogens with zero attached hydrogens (tertiary/aromatic N) is 2. The molecule has 0 amide bonds. The Morgan fingerprint density at radius 3 is 2.18 bits per heavy atom. The SMILES string of the molecule is CCNCc1cc(CC(=O)O)cc(S(=O)(=O)N2CCN(c3ccc(C(F)(F)F)cc3)CC2)c1. The van der Waals surface area contributed by atoms with Gasteiger partial charge in [0.15, 0.2) is 0 Å². The van der Waals surface area contributed by atoms with E-state index in [0.717, 1.165) is 12.1 Å². The Morgan fingerprint density at radius 1 is 1.03 bits per heavy atom. The van der Waals surface area contributed by atoms with Gasteiger partial charge in [-0.15, -0.1) is 0 Å². The second-order valence-electron chi connectivity index (χ2n) is 7.77. The molecule has 0 aliphatic carbocycles. The van der Waals surface area contributed by atoms with Crippen LogP contribution in [0.4, 0.5) is 18.9 Å². The molecule has 2 aromatic carbocycles. The van der Waals surface area contributed by atoms with Gasteiger partial charge in [-0.05, 0) is 54.1 Å². The van der Waals surface area contributed by atoms with Crippen molar-refractivity contribution in [1.29, 1.82) is 0 Å². The summed E-state index contributed by atoms with van der Waals surface area (Å²) in [6, 6.07) is 9.41. The topological polar surface area (TPSA) is 89.9 Å². The number of anilines is 1. The van der Waals surface area contributed by atoms with E-state index in [0.29, 0.717) is 43.0 Å². The first-order chi connectivity index (χ1) is 15.5. The summed E-state index contributed by atoms with van der Waals surface area (Å²) in [5.41, 5.74) is 0.941. The standard InChI is InChI=1S/C22H26F3N3O4S/c1-2-26-15-17-11-16(14-21(29)30)12-20(13-17)33(31,32)28-9-7-27(8-10-28)19-5-3-18(4-6-19)22(23,24)25/h3-6,11-13,26H,2,7-10,14-15H2,1H3,(H,29,30). The molecular weight excluding hydrogens is 459 g/mol. The van der Waals surface area contributed by atoms with E-state index >= 15 is 0 Å². The highest BCUT2D eigenvalue weighted by molar-refractivity contribution is 7.89. The molecule has 0 bridgehead atoms. The third-order valence-corrected chi connectivity index (χ3v) is 7.27. The van der Waals surface area contributed by atoms with E-state index in [1.165, 1.54) is 22.5 Å². The summed E-state index contributed by atoms with van der Waals surface area (Å²) in [7, 11) is -3.86. The van der Waals surface area contributed by atoms with Crippen LogP contribution in [0.1, 0.15) is 23.6 Å². The number of hydrogen-bond acceptors (Lipinski definition) is 5. The Hall–Kier alpha value is -2.63. The number of carboxylic acids is 1. The van der Waals surface area contributed by atoms with Gasteiger partial charge in [0.2, 0.25) is 10.0 Å². The van der Waals surface area contributed by atoms with Crippen molar-refractivity contribution in [3.8, 4) is 0 Å². The smallest absolute Gasteiger partial charge is 0.416 e. The number of alkyl halides is 3. The molecule has 0 radical (unpaired) electrons. The maximum atomic E-state index is 13.3. The van der Waals surface area contributed by atoms with Crippen LogP contribution in [-0.4, -0.2) is 56.5 Å². The van der Waals surface area contributed by atoms with Gasteiger partial charge in [0.05, 0.1) is 16.9 Å². The summed E-state index contributed by atoms with van der Waals surface area (Å²) < 4.78 is 66.2. The van der Waals surface area contributed by atoms with Crippen LogP contribution >= 0.6 is 0 Å². The van der Waals surface area contributed by atoms with Crippen LogP contribution in [0.5, 0.6) is 0 Å². The highest BCUT2D eigenvalue weighted by atomic mass is 32.2. The number of hydrogen-bond donors (Lipinski definition) is 2. The van der Waals surface area contributed by atoms with Gasteiger partial charge < -0.3 is 15.3 Å². The lowest BCUT2D eigenvalue weighted by atomic mass is 10.1. The normalized spacial score (nSPS) is 15.6. The zero-order chi connectivity index (χ0) is 24.2. The number of carboxylic acid groups (broad SMARTS) is 1. The third-order valence-electron chi connectivity index (χ3n) is 5.40. The molecule has 0 aromatic heterocycles. The van der Waals surface area contributed by atoms with E-state index in [2.05, 4.69) is 5.32 Å². The average Bonchev–Trinajstić information content (AvgIpc) is 2.76. The largest absolute Gasteiger partial charge is 0.481 e. The first kappa shape index (κ1) is 25.0. The summed E-state index contributed by atoms with van der Waals surface area (Å²) in [4.78, 5) is 13.0. The van der Waals surface area contributed by atoms with Gasteiger partial charge in [0.1, 0.15) is 0 Å². The molecule has 180 valence electrons. The first-order valence-corrected chi connectivity index (χ1v) is 11.9. The molecule has 11 heteroatoms. The minimum absolute atomic E-state index is 0.0390. The lowest BCUT2D eigenvalue weighted by molar-refractivity contribution is -0.138. The van der Waals surface area contributed by atoms with E-state index in [-0.39, 0.29) is 24.4 Å². The molecule has 1 saturated heterocycles. The predicted molar refractivity (Wildman–Crippen MR) is 118 cm³/mol. The van der Waals surface area contributed by atoms with Crippen LogP contribution in [0.2, 0.25) is 0 Å². The van der Waals surface area contributed by atoms with Crippen molar-refractivity contribution in [3.05, 3.63) is 59.2 Å². The molecule has 3 rings (SSSR count). The molecule has 0 spiro atoms. The van der Waals surface area contributed by atoms with Crippen LogP contribution in [0.15, 0.2) is 47.4 Å². The van der Waals surface area contributed by atoms with E-state index in [9.17, 15) is 26.4 Å². The zero-order valence-electron chi connectivity index (χ0n) is 18.1. The van der Waals surface area contributed by atoms with Crippen LogP contribution < -0.4 is 10.2 Å². The molecule has 1 fully saturated rings. The Kier molecular flexibility index (Phi) is 7.65. The molecule has 2 aromatic rings. The molecule has 1 aliphatic heterocycles. The van der Waals surface area contributed by atoms with Crippen LogP contribution in [0.3, 0.4) is 0 Å². The molecule has 0 saturated carbocycles. The van der Waals surface area contributed by atoms with Gasteiger partial charge in [-0.25, -0.2) is 8.42 Å². The fourth-order valence-corrected chi connectivity index (χ4v) is 5.27. The van der Waals surface area contributed by atoms with E-state index in [4.69, 9.17) is 5.11 Å². The molecule has 33 heavy (non-hydrogen) atoms. The molecular formula is C22H26F3N3O4S. The van der Waals surface area contributed by atoms with Crippen molar-refractivity contribution < 1.29 is 31.5 Å². The van der Waals surface area contributed by atoms with Gasteiger partial charge >= 0.3 is 12.1 Å². The summed E-state index contributed by atoms with van der Waals surface area (Å²) in [5.74, 6) is -1.05. The molecule has 7 nitrogen and oxygen atoms in total. The predicted octanol–water partition coefficient (Wildman–Crippen LogP) is 2.95. The van der Waals surface area contributed by atoms with Gasteiger partial charge in [-0.2, -0.15) is 17.5 Å². The average molecular weight is 486 g/mol. The van der Waals surface area contributed by atoms with Gasteiger partial charge in [-0.1, -0.05) is 13.0 Å². The Morgan fingerprint density at radius 2 is 1.64 bits per heavy atom.